The topological polar surface area (TPSA) is 23.5 Å². The molecule has 1 fully saturated rings. The molecule has 19 heavy (non-hydrogen) atoms. The van der Waals surface area contributed by atoms with Gasteiger partial charge in [-0.25, -0.2) is 4.39 Å². The van der Waals surface area contributed by atoms with Crippen LogP contribution in [0.25, 0.3) is 0 Å². The van der Waals surface area contributed by atoms with Gasteiger partial charge in [-0.05, 0) is 49.8 Å². The lowest BCUT2D eigenvalue weighted by molar-refractivity contribution is 0.199. The number of halogens is 1. The summed E-state index contributed by atoms with van der Waals surface area (Å²) in [4.78, 5) is 2.29. The Hall–Kier alpha value is -1.09. The van der Waals surface area contributed by atoms with Gasteiger partial charge in [0.1, 0.15) is 5.82 Å². The maximum atomic E-state index is 13.3. The van der Waals surface area contributed by atoms with E-state index in [2.05, 4.69) is 18.7 Å². The van der Waals surface area contributed by atoms with Crippen LogP contribution in [-0.2, 0) is 0 Å². The first kappa shape index (κ1) is 14.3. The fraction of sp³-hybridized carbons (Fsp3) is 0.625. The second-order valence-corrected chi connectivity index (χ2v) is 6.38. The highest BCUT2D eigenvalue weighted by atomic mass is 19.1. The average Bonchev–Trinajstić information content (AvgIpc) is 2.50. The van der Waals surface area contributed by atoms with Gasteiger partial charge in [0.2, 0.25) is 0 Å². The third-order valence-electron chi connectivity index (χ3n) is 4.12. The molecule has 0 unspecified atom stereocenters. The van der Waals surface area contributed by atoms with Crippen LogP contribution in [0.1, 0.15) is 51.7 Å². The molecule has 1 aliphatic heterocycles. The average molecular weight is 265 g/mol. The predicted octanol–water partition coefficient (Wildman–Crippen LogP) is 3.90. The number of aliphatic hydroxyl groups excluding tert-OH is 1. The second-order valence-electron chi connectivity index (χ2n) is 6.38. The molecule has 1 heterocycles. The summed E-state index contributed by atoms with van der Waals surface area (Å²) < 4.78 is 13.3. The monoisotopic (exact) mass is 265 g/mol. The van der Waals surface area contributed by atoms with Gasteiger partial charge in [0.15, 0.2) is 0 Å². The van der Waals surface area contributed by atoms with Crippen molar-refractivity contribution in [2.24, 2.45) is 5.41 Å². The van der Waals surface area contributed by atoms with Crippen LogP contribution in [0.15, 0.2) is 18.2 Å². The lowest BCUT2D eigenvalue weighted by Crippen LogP contribution is -2.26. The standard InChI is InChI=1S/C16H24FNO/c1-12(19)14-11-13(17)5-6-15(14)18-9-4-7-16(2,3)8-10-18/h5-6,11-12,19H,4,7-10H2,1-3H3/t12-/m0/s1. The molecular weight excluding hydrogens is 241 g/mol. The van der Waals surface area contributed by atoms with Crippen LogP contribution in [0.5, 0.6) is 0 Å². The van der Waals surface area contributed by atoms with Gasteiger partial charge < -0.3 is 10.0 Å². The fourth-order valence-electron chi connectivity index (χ4n) is 2.81. The fourth-order valence-corrected chi connectivity index (χ4v) is 2.81. The van der Waals surface area contributed by atoms with Crippen molar-refractivity contribution in [3.8, 4) is 0 Å². The largest absolute Gasteiger partial charge is 0.389 e. The highest BCUT2D eigenvalue weighted by molar-refractivity contribution is 5.55. The number of benzene rings is 1. The summed E-state index contributed by atoms with van der Waals surface area (Å²) in [6, 6.07) is 4.74. The number of nitrogens with zero attached hydrogens (tertiary/aromatic N) is 1. The maximum absolute atomic E-state index is 13.3. The molecule has 0 bridgehead atoms. The molecule has 0 aliphatic carbocycles. The van der Waals surface area contributed by atoms with Crippen LogP contribution in [0.3, 0.4) is 0 Å². The Bertz CT molecular complexity index is 442. The Morgan fingerprint density at radius 2 is 2.00 bits per heavy atom. The minimum atomic E-state index is -0.637. The van der Waals surface area contributed by atoms with E-state index in [-0.39, 0.29) is 5.82 Å². The third-order valence-corrected chi connectivity index (χ3v) is 4.12. The number of aliphatic hydroxyl groups is 1. The first-order valence-corrected chi connectivity index (χ1v) is 7.11. The molecule has 1 aromatic carbocycles. The number of rotatable bonds is 2. The van der Waals surface area contributed by atoms with Crippen LogP contribution < -0.4 is 4.90 Å². The van der Waals surface area contributed by atoms with Crippen molar-refractivity contribution in [2.75, 3.05) is 18.0 Å². The first-order valence-electron chi connectivity index (χ1n) is 7.11. The zero-order valence-corrected chi connectivity index (χ0v) is 12.1. The Morgan fingerprint density at radius 3 is 2.68 bits per heavy atom. The quantitative estimate of drug-likeness (QED) is 0.876. The molecule has 0 radical (unpaired) electrons. The van der Waals surface area contributed by atoms with Crippen molar-refractivity contribution in [2.45, 2.75) is 46.1 Å². The normalized spacial score (nSPS) is 21.0. The van der Waals surface area contributed by atoms with Crippen molar-refractivity contribution < 1.29 is 9.50 Å². The minimum Gasteiger partial charge on any atom is -0.389 e. The van der Waals surface area contributed by atoms with Crippen molar-refractivity contribution >= 4 is 5.69 Å². The summed E-state index contributed by atoms with van der Waals surface area (Å²) in [5.41, 5.74) is 2.05. The Kier molecular flexibility index (Phi) is 4.14. The van der Waals surface area contributed by atoms with Gasteiger partial charge in [0.25, 0.3) is 0 Å². The maximum Gasteiger partial charge on any atom is 0.123 e. The van der Waals surface area contributed by atoms with Crippen molar-refractivity contribution in [3.05, 3.63) is 29.6 Å². The minimum absolute atomic E-state index is 0.283. The SMILES string of the molecule is C[C@H](O)c1cc(F)ccc1N1CCCC(C)(C)CC1. The summed E-state index contributed by atoms with van der Waals surface area (Å²) in [5.74, 6) is -0.283. The molecule has 1 saturated heterocycles. The van der Waals surface area contributed by atoms with E-state index >= 15 is 0 Å². The Labute approximate surface area is 115 Å². The van der Waals surface area contributed by atoms with E-state index in [1.165, 1.54) is 18.6 Å². The van der Waals surface area contributed by atoms with E-state index in [1.54, 1.807) is 13.0 Å². The molecule has 2 nitrogen and oxygen atoms in total. The predicted molar refractivity (Wildman–Crippen MR) is 76.9 cm³/mol. The molecule has 0 aromatic heterocycles. The summed E-state index contributed by atoms with van der Waals surface area (Å²) in [6.07, 6.45) is 2.85. The summed E-state index contributed by atoms with van der Waals surface area (Å²) in [7, 11) is 0. The molecule has 1 atom stereocenters. The van der Waals surface area contributed by atoms with Crippen LogP contribution in [0.4, 0.5) is 10.1 Å². The van der Waals surface area contributed by atoms with E-state index in [4.69, 9.17) is 0 Å². The van der Waals surface area contributed by atoms with E-state index in [0.717, 1.165) is 31.6 Å². The van der Waals surface area contributed by atoms with Crippen molar-refractivity contribution in [1.82, 2.24) is 0 Å². The molecule has 0 amide bonds. The molecule has 106 valence electrons. The van der Waals surface area contributed by atoms with Crippen LogP contribution in [0, 0.1) is 11.2 Å². The van der Waals surface area contributed by atoms with Gasteiger partial charge in [0.05, 0.1) is 6.10 Å². The van der Waals surface area contributed by atoms with Crippen molar-refractivity contribution in [3.63, 3.8) is 0 Å². The molecular formula is C16H24FNO. The molecule has 0 saturated carbocycles. The van der Waals surface area contributed by atoms with Gasteiger partial charge in [0, 0.05) is 24.3 Å². The molecule has 1 aromatic rings. The molecule has 1 N–H and O–H groups in total. The van der Waals surface area contributed by atoms with Gasteiger partial charge in [-0.1, -0.05) is 13.8 Å². The first-order chi connectivity index (χ1) is 8.89. The van der Waals surface area contributed by atoms with Gasteiger partial charge in [-0.3, -0.25) is 0 Å². The zero-order valence-electron chi connectivity index (χ0n) is 12.1. The zero-order chi connectivity index (χ0) is 14.0. The Morgan fingerprint density at radius 1 is 1.26 bits per heavy atom. The van der Waals surface area contributed by atoms with Gasteiger partial charge >= 0.3 is 0 Å². The van der Waals surface area contributed by atoms with Crippen LogP contribution in [0.2, 0.25) is 0 Å². The summed E-state index contributed by atoms with van der Waals surface area (Å²) in [5, 5.41) is 9.84. The number of hydrogen-bond acceptors (Lipinski definition) is 2. The molecule has 0 spiro atoms. The number of anilines is 1. The molecule has 1 aliphatic rings. The van der Waals surface area contributed by atoms with Crippen molar-refractivity contribution in [1.29, 1.82) is 0 Å². The molecule has 2 rings (SSSR count). The Balaban J connectivity index is 2.26. The lowest BCUT2D eigenvalue weighted by atomic mass is 9.85. The van der Waals surface area contributed by atoms with E-state index in [0.29, 0.717) is 11.0 Å². The van der Waals surface area contributed by atoms with E-state index in [1.807, 2.05) is 0 Å². The third kappa shape index (κ3) is 3.47. The molecule has 3 heteroatoms. The second kappa shape index (κ2) is 5.49. The van der Waals surface area contributed by atoms with Crippen LogP contribution in [-0.4, -0.2) is 18.2 Å². The highest BCUT2D eigenvalue weighted by Crippen LogP contribution is 2.34. The number of hydrogen-bond donors (Lipinski definition) is 1. The smallest absolute Gasteiger partial charge is 0.123 e. The van der Waals surface area contributed by atoms with E-state index < -0.39 is 6.10 Å². The lowest BCUT2D eigenvalue weighted by Gasteiger charge is -2.27. The highest BCUT2D eigenvalue weighted by Gasteiger charge is 2.24. The summed E-state index contributed by atoms with van der Waals surface area (Å²) >= 11 is 0. The van der Waals surface area contributed by atoms with E-state index in [9.17, 15) is 9.50 Å². The van der Waals surface area contributed by atoms with Crippen LogP contribution >= 0.6 is 0 Å². The summed E-state index contributed by atoms with van der Waals surface area (Å²) in [6.45, 7) is 8.25. The van der Waals surface area contributed by atoms with Gasteiger partial charge in [-0.2, -0.15) is 0 Å². The van der Waals surface area contributed by atoms with Gasteiger partial charge in [-0.15, -0.1) is 0 Å².